The summed E-state index contributed by atoms with van der Waals surface area (Å²) in [6.45, 7) is 6.80. The number of rotatable bonds is 54. The van der Waals surface area contributed by atoms with Gasteiger partial charge < -0.3 is 28.5 Å². The van der Waals surface area contributed by atoms with Crippen LogP contribution in [-0.2, 0) is 27.9 Å². The first kappa shape index (κ1) is 69.7. The van der Waals surface area contributed by atoms with Crippen LogP contribution in [0.5, 0.6) is 0 Å². The first-order chi connectivity index (χ1) is 34.9. The van der Waals surface area contributed by atoms with Crippen molar-refractivity contribution in [3.63, 3.8) is 0 Å². The second-order valence-corrected chi connectivity index (χ2v) is 22.9. The number of nitrogens with one attached hydrogen (secondary N) is 1. The Kier molecular flexibility index (Phi) is 50.5. The molecule has 10 heteroatoms. The van der Waals surface area contributed by atoms with E-state index in [1.165, 1.54) is 141 Å². The zero-order valence-corrected chi connectivity index (χ0v) is 48.8. The molecule has 0 aliphatic rings. The Labute approximate surface area is 445 Å². The summed E-state index contributed by atoms with van der Waals surface area (Å²) < 4.78 is 30.2. The van der Waals surface area contributed by atoms with E-state index in [-0.39, 0.29) is 24.9 Å². The van der Waals surface area contributed by atoms with Crippen molar-refractivity contribution in [2.24, 2.45) is 0 Å². The average Bonchev–Trinajstić information content (AvgIpc) is 3.34. The van der Waals surface area contributed by atoms with Crippen molar-refractivity contribution < 1.29 is 37.3 Å². The van der Waals surface area contributed by atoms with Crippen LogP contribution in [0.2, 0.25) is 0 Å². The van der Waals surface area contributed by atoms with E-state index < -0.39 is 26.6 Å². The summed E-state index contributed by atoms with van der Waals surface area (Å²) in [6.07, 6.45) is 64.7. The van der Waals surface area contributed by atoms with Crippen LogP contribution >= 0.6 is 7.82 Å². The number of unbranched alkanes of at least 4 members (excludes halogenated alkanes) is 30. The van der Waals surface area contributed by atoms with E-state index in [0.717, 1.165) is 96.3 Å². The van der Waals surface area contributed by atoms with Crippen molar-refractivity contribution >= 4 is 19.7 Å². The van der Waals surface area contributed by atoms with Gasteiger partial charge in [-0.15, -0.1) is 0 Å². The van der Waals surface area contributed by atoms with Gasteiger partial charge in [0, 0.05) is 12.8 Å². The Balaban J connectivity index is 5.27. The molecular formula is C62H115N2O7P. The van der Waals surface area contributed by atoms with Crippen molar-refractivity contribution in [2.75, 3.05) is 40.9 Å². The number of carbonyl (C=O) groups is 2. The number of phosphoric acid groups is 1. The number of nitrogens with zero attached hydrogens (tertiary/aromatic N) is 1. The maximum Gasteiger partial charge on any atom is 0.306 e. The first-order valence-corrected chi connectivity index (χ1v) is 31.6. The molecule has 0 saturated heterocycles. The Morgan fingerprint density at radius 1 is 0.486 bits per heavy atom. The standard InChI is InChI=1S/C62H115N2O7P/c1-7-10-13-16-19-22-25-27-29-30-31-32-33-34-35-36-39-42-45-48-51-54-61(65)63-59(58-70-72(67,68)69-57-56-64(4,5)6)60(53-50-47-44-41-38-24-21-18-15-12-9-3)71-62(66)55-52-49-46-43-40-37-28-26-23-20-17-14-11-8-2/h19,22,27,29,31-32,34-35,50,53,59-60H,7-18,20-21,23-26,28,30,33,36-49,51-52,54-58H2,1-6H3,(H-,63,65,67,68)/b22-19-,29-27-,32-31-,35-34-,53-50-. The number of hydrogen-bond donors (Lipinski definition) is 1. The lowest BCUT2D eigenvalue weighted by Gasteiger charge is -2.30. The Morgan fingerprint density at radius 2 is 0.847 bits per heavy atom. The summed E-state index contributed by atoms with van der Waals surface area (Å²) in [4.78, 5) is 39.9. The third-order valence-electron chi connectivity index (χ3n) is 13.2. The quantitative estimate of drug-likeness (QED) is 0.0212. The van der Waals surface area contributed by atoms with E-state index in [9.17, 15) is 19.0 Å². The van der Waals surface area contributed by atoms with Gasteiger partial charge in [0.25, 0.3) is 7.82 Å². The van der Waals surface area contributed by atoms with E-state index in [1.54, 1.807) is 0 Å². The van der Waals surface area contributed by atoms with Gasteiger partial charge in [0.2, 0.25) is 5.91 Å². The normalized spacial score (nSPS) is 14.2. The van der Waals surface area contributed by atoms with Crippen molar-refractivity contribution in [1.82, 2.24) is 5.32 Å². The lowest BCUT2D eigenvalue weighted by Crippen LogP contribution is -2.47. The maximum atomic E-state index is 13.5. The number of carbonyl (C=O) groups excluding carboxylic acids is 2. The van der Waals surface area contributed by atoms with Gasteiger partial charge in [-0.3, -0.25) is 14.2 Å². The highest BCUT2D eigenvalue weighted by molar-refractivity contribution is 7.45. The summed E-state index contributed by atoms with van der Waals surface area (Å²) in [5, 5.41) is 3.02. The van der Waals surface area contributed by atoms with Gasteiger partial charge in [-0.2, -0.15) is 0 Å². The Bertz CT molecular complexity index is 1420. The number of hydrogen-bond acceptors (Lipinski definition) is 7. The molecule has 3 atom stereocenters. The lowest BCUT2D eigenvalue weighted by molar-refractivity contribution is -0.870. The average molecular weight is 1030 g/mol. The maximum absolute atomic E-state index is 13.5. The molecule has 1 amide bonds. The molecule has 1 N–H and O–H groups in total. The molecule has 0 rings (SSSR count). The molecular weight excluding hydrogens is 916 g/mol. The van der Waals surface area contributed by atoms with Gasteiger partial charge in [0.1, 0.15) is 19.3 Å². The number of quaternary nitrogens is 1. The van der Waals surface area contributed by atoms with Crippen LogP contribution in [0, 0.1) is 0 Å². The molecule has 0 fully saturated rings. The highest BCUT2D eigenvalue weighted by atomic mass is 31.2. The molecule has 0 aliphatic heterocycles. The molecule has 0 heterocycles. The summed E-state index contributed by atoms with van der Waals surface area (Å²) in [6, 6.07) is -0.896. The topological polar surface area (TPSA) is 114 Å². The van der Waals surface area contributed by atoms with Crippen LogP contribution in [0.1, 0.15) is 271 Å². The van der Waals surface area contributed by atoms with E-state index >= 15 is 0 Å². The molecule has 0 aromatic carbocycles. The minimum absolute atomic E-state index is 0.0267. The molecule has 420 valence electrons. The van der Waals surface area contributed by atoms with Gasteiger partial charge >= 0.3 is 5.97 Å². The molecule has 3 unspecified atom stereocenters. The summed E-state index contributed by atoms with van der Waals surface area (Å²) >= 11 is 0. The SMILES string of the molecule is CCCCC/C=C\C/C=C\C/C=C\C/C=C\CCCCCCCC(=O)NC(COP(=O)([O-])OCC[N+](C)(C)C)C(/C=C\CCCCCCCCCCC)OC(=O)CCCCCCCCCCCCCCCC. The molecule has 0 spiro atoms. The third-order valence-corrected chi connectivity index (χ3v) is 14.2. The molecule has 0 saturated carbocycles. The summed E-state index contributed by atoms with van der Waals surface area (Å²) in [5.41, 5.74) is 0. The highest BCUT2D eigenvalue weighted by Crippen LogP contribution is 2.38. The van der Waals surface area contributed by atoms with Crippen molar-refractivity contribution in [2.45, 2.75) is 283 Å². The summed E-state index contributed by atoms with van der Waals surface area (Å²) in [5.74, 6) is -0.557. The van der Waals surface area contributed by atoms with Gasteiger partial charge in [0.15, 0.2) is 0 Å². The minimum Gasteiger partial charge on any atom is -0.756 e. The first-order valence-electron chi connectivity index (χ1n) is 30.1. The molecule has 0 aromatic heterocycles. The van der Waals surface area contributed by atoms with E-state index in [4.69, 9.17) is 13.8 Å². The van der Waals surface area contributed by atoms with Crippen LogP contribution in [0.3, 0.4) is 0 Å². The fourth-order valence-corrected chi connectivity index (χ4v) is 9.23. The van der Waals surface area contributed by atoms with Gasteiger partial charge in [0.05, 0.1) is 33.8 Å². The minimum atomic E-state index is -4.70. The van der Waals surface area contributed by atoms with Crippen molar-refractivity contribution in [1.29, 1.82) is 0 Å². The van der Waals surface area contributed by atoms with E-state index in [1.807, 2.05) is 33.3 Å². The lowest BCUT2D eigenvalue weighted by atomic mass is 10.0. The van der Waals surface area contributed by atoms with Crippen LogP contribution in [0.15, 0.2) is 60.8 Å². The zero-order valence-electron chi connectivity index (χ0n) is 47.9. The van der Waals surface area contributed by atoms with Gasteiger partial charge in [-0.1, -0.05) is 242 Å². The fraction of sp³-hybridized carbons (Fsp3) is 0.806. The second kappa shape index (κ2) is 52.2. The molecule has 0 aliphatic carbocycles. The predicted molar refractivity (Wildman–Crippen MR) is 307 cm³/mol. The number of esters is 1. The van der Waals surface area contributed by atoms with Crippen LogP contribution in [-0.4, -0.2) is 69.4 Å². The number of allylic oxidation sites excluding steroid dienone is 9. The Hall–Kier alpha value is -2.29. The monoisotopic (exact) mass is 1030 g/mol. The van der Waals surface area contributed by atoms with Crippen LogP contribution < -0.4 is 10.2 Å². The van der Waals surface area contributed by atoms with Crippen LogP contribution in [0.4, 0.5) is 0 Å². The molecule has 0 aromatic rings. The largest absolute Gasteiger partial charge is 0.756 e. The van der Waals surface area contributed by atoms with E-state index in [0.29, 0.717) is 17.4 Å². The molecule has 72 heavy (non-hydrogen) atoms. The van der Waals surface area contributed by atoms with Gasteiger partial charge in [-0.05, 0) is 76.7 Å². The Morgan fingerprint density at radius 3 is 1.29 bits per heavy atom. The number of likely N-dealkylation sites (N-methyl/N-ethyl adjacent to an activating group) is 1. The number of amides is 1. The fourth-order valence-electron chi connectivity index (χ4n) is 8.51. The van der Waals surface area contributed by atoms with E-state index in [2.05, 4.69) is 74.7 Å². The molecule has 9 nitrogen and oxygen atoms in total. The zero-order chi connectivity index (χ0) is 52.9. The number of phosphoric ester groups is 1. The highest BCUT2D eigenvalue weighted by Gasteiger charge is 2.27. The second-order valence-electron chi connectivity index (χ2n) is 21.5. The predicted octanol–water partition coefficient (Wildman–Crippen LogP) is 17.6. The van der Waals surface area contributed by atoms with Crippen molar-refractivity contribution in [3.05, 3.63) is 60.8 Å². The summed E-state index contributed by atoms with van der Waals surface area (Å²) in [7, 11) is 1.17. The van der Waals surface area contributed by atoms with Crippen LogP contribution in [0.25, 0.3) is 0 Å². The third kappa shape index (κ3) is 52.6. The molecule has 0 bridgehead atoms. The molecule has 0 radical (unpaired) electrons. The van der Waals surface area contributed by atoms with Crippen molar-refractivity contribution in [3.8, 4) is 0 Å². The smallest absolute Gasteiger partial charge is 0.306 e. The van der Waals surface area contributed by atoms with Gasteiger partial charge in [-0.25, -0.2) is 0 Å². The number of ether oxygens (including phenoxy) is 1.